The third-order valence-corrected chi connectivity index (χ3v) is 21.5. The monoisotopic (exact) mass is 1900 g/mol. The molecule has 0 saturated carbocycles. The molecule has 712 valence electrons. The Kier molecular flexibility index (Phi) is 29.8. The van der Waals surface area contributed by atoms with E-state index in [2.05, 4.69) is 92.2 Å². The molecule has 16 aromatic rings. The highest BCUT2D eigenvalue weighted by Gasteiger charge is 2.42. The maximum Gasteiger partial charge on any atom is 0.401 e. The van der Waals surface area contributed by atoms with E-state index < -0.39 is 49.1 Å². The largest absolute Gasteiger partial charge is 0.483 e. The standard InChI is InChI=1S/2C23H23N7O3.2C21H18F3N7O2.2CH2O2/c1-14(2)23(32)29-11-16(12-29)30-13-18(21(28-30)17-5-3-4-8-24-17)27-22(31)20-7-6-19(33-20)15-9-25-26-10-15;1-2-5-21(31)29-12-16(13-29)30-14-18(22(28-30)17-6-3-4-9-24-17)27-23(32)20-8-7-19(33-20)15-10-25-26-11-15;2*22-21(23,24)12-30-9-14(10-30)31-11-16(19(29-31)15-3-1-2-6-25-15)28-20(32)18-5-4-17(33-18)13-7-26-27-8-13;2*2-1-3/h3-10,13-14,16H,11-12H2,1-2H3,(H,25,26)(H,27,31);3-4,6-11,14,16H,2,5,12-13H2,1H3,(H,25,26)(H,27,32);2*1-8,11,14H,9-10,12H2,(H,26,27)(H,28,32);2*1H,(H,2,3). The topological polar surface area (TPSA) is 528 Å². The van der Waals surface area contributed by atoms with Gasteiger partial charge in [0.25, 0.3) is 36.6 Å². The molecule has 138 heavy (non-hydrogen) atoms. The van der Waals surface area contributed by atoms with E-state index in [1.165, 1.54) is 9.80 Å². The molecule has 4 fully saturated rings. The van der Waals surface area contributed by atoms with Crippen molar-refractivity contribution in [2.24, 2.45) is 5.92 Å². The Hall–Kier alpha value is -17.3. The number of likely N-dealkylation sites (tertiary alicyclic amines) is 4. The summed E-state index contributed by atoms with van der Waals surface area (Å²) < 4.78 is 105. The number of halogens is 6. The molecule has 0 aliphatic carbocycles. The third kappa shape index (κ3) is 23.6. The van der Waals surface area contributed by atoms with Gasteiger partial charge in [-0.15, -0.1) is 0 Å². The van der Waals surface area contributed by atoms with Crippen LogP contribution in [-0.4, -0.2) is 256 Å². The molecule has 20 heterocycles. The summed E-state index contributed by atoms with van der Waals surface area (Å²) in [6.45, 7) is 6.57. The lowest BCUT2D eigenvalue weighted by atomic mass is 10.1. The number of alkyl halides is 6. The van der Waals surface area contributed by atoms with Crippen LogP contribution in [0.1, 0.15) is 100.0 Å². The van der Waals surface area contributed by atoms with Crippen LogP contribution in [0, 0.1) is 5.92 Å². The van der Waals surface area contributed by atoms with Gasteiger partial charge in [-0.1, -0.05) is 45.0 Å². The summed E-state index contributed by atoms with van der Waals surface area (Å²) in [6.07, 6.45) is 19.3. The van der Waals surface area contributed by atoms with Crippen molar-refractivity contribution in [3.63, 3.8) is 0 Å². The zero-order valence-electron chi connectivity index (χ0n) is 73.3. The molecule has 0 spiro atoms. The van der Waals surface area contributed by atoms with Gasteiger partial charge in [-0.25, -0.2) is 0 Å². The fourth-order valence-electron chi connectivity index (χ4n) is 14.7. The average Bonchev–Trinajstić information content (AvgIpc) is 1.64. The van der Waals surface area contributed by atoms with E-state index in [9.17, 15) is 55.1 Å². The summed E-state index contributed by atoms with van der Waals surface area (Å²) in [5, 5.41) is 69.9. The number of H-pyrrole nitrogens is 4. The van der Waals surface area contributed by atoms with Crippen molar-refractivity contribution >= 4 is 71.1 Å². The molecule has 16 aromatic heterocycles. The summed E-state index contributed by atoms with van der Waals surface area (Å²) in [5.41, 5.74) is 8.99. The zero-order valence-corrected chi connectivity index (χ0v) is 73.3. The summed E-state index contributed by atoms with van der Waals surface area (Å²) in [5.74, 6) is 1.04. The van der Waals surface area contributed by atoms with Gasteiger partial charge in [-0.3, -0.25) is 107 Å². The summed E-state index contributed by atoms with van der Waals surface area (Å²) in [6, 6.07) is 34.3. The molecular weight excluding hydrogens is 1810 g/mol. The van der Waals surface area contributed by atoms with Crippen LogP contribution in [0.25, 0.3) is 90.8 Å². The van der Waals surface area contributed by atoms with Crippen molar-refractivity contribution in [3.8, 4) is 90.8 Å². The number of nitrogens with zero attached hydrogens (tertiary/aromatic N) is 20. The van der Waals surface area contributed by atoms with Gasteiger partial charge >= 0.3 is 12.4 Å². The third-order valence-electron chi connectivity index (χ3n) is 21.5. The number of furan rings is 4. The minimum Gasteiger partial charge on any atom is -0.483 e. The first-order valence-electron chi connectivity index (χ1n) is 42.6. The average molecular weight is 1900 g/mol. The van der Waals surface area contributed by atoms with Crippen molar-refractivity contribution in [2.45, 2.75) is 70.1 Å². The lowest BCUT2D eigenvalue weighted by molar-refractivity contribution is -0.158. The van der Waals surface area contributed by atoms with Gasteiger partial charge < -0.3 is 58.9 Å². The molecular formula is C90H86F6N28O14. The Bertz CT molecular complexity index is 6530. The molecule has 0 aromatic carbocycles. The van der Waals surface area contributed by atoms with E-state index in [1.807, 2.05) is 67.0 Å². The van der Waals surface area contributed by atoms with Crippen molar-refractivity contribution in [2.75, 3.05) is 86.7 Å². The van der Waals surface area contributed by atoms with Crippen LogP contribution in [0.3, 0.4) is 0 Å². The lowest BCUT2D eigenvalue weighted by Gasteiger charge is -2.40. The maximum absolute atomic E-state index is 12.9. The summed E-state index contributed by atoms with van der Waals surface area (Å²) in [4.78, 5) is 116. The molecule has 6 amide bonds. The Balaban J connectivity index is 0.000000137. The molecule has 42 nitrogen and oxygen atoms in total. The Morgan fingerprint density at radius 2 is 0.667 bits per heavy atom. The van der Waals surface area contributed by atoms with E-state index >= 15 is 0 Å². The fraction of sp³-hybridized carbons (Fsp3) is 0.244. The first-order valence-corrected chi connectivity index (χ1v) is 42.6. The van der Waals surface area contributed by atoms with Gasteiger partial charge in [-0.05, 0) is 103 Å². The number of aromatic amines is 4. The van der Waals surface area contributed by atoms with Gasteiger partial charge in [-0.2, -0.15) is 67.1 Å². The molecule has 48 heteroatoms. The van der Waals surface area contributed by atoms with Crippen LogP contribution in [-0.2, 0) is 19.2 Å². The predicted octanol–water partition coefficient (Wildman–Crippen LogP) is 13.2. The van der Waals surface area contributed by atoms with Gasteiger partial charge in [0.15, 0.2) is 23.0 Å². The number of pyridine rings is 4. The molecule has 10 N–H and O–H groups in total. The van der Waals surface area contributed by atoms with Gasteiger partial charge in [0.1, 0.15) is 45.8 Å². The van der Waals surface area contributed by atoms with Crippen LogP contribution >= 0.6 is 0 Å². The summed E-state index contributed by atoms with van der Waals surface area (Å²) >= 11 is 0. The number of rotatable bonds is 25. The molecule has 0 bridgehead atoms. The number of hydrogen-bond donors (Lipinski definition) is 10. The smallest absolute Gasteiger partial charge is 0.401 e. The second-order valence-electron chi connectivity index (χ2n) is 31.7. The lowest BCUT2D eigenvalue weighted by Crippen LogP contribution is -2.52. The minimum absolute atomic E-state index is 0.0390. The van der Waals surface area contributed by atoms with Crippen molar-refractivity contribution in [3.05, 3.63) is 244 Å². The highest BCUT2D eigenvalue weighted by molar-refractivity contribution is 6.07. The number of carbonyl (C=O) groups is 8. The van der Waals surface area contributed by atoms with Crippen molar-refractivity contribution in [1.82, 2.24) is 119 Å². The second kappa shape index (κ2) is 43.1. The predicted molar refractivity (Wildman–Crippen MR) is 480 cm³/mol. The molecule has 0 atom stereocenters. The Morgan fingerprint density at radius 1 is 0.406 bits per heavy atom. The highest BCUT2D eigenvalue weighted by Crippen LogP contribution is 2.38. The molecule has 4 aliphatic heterocycles. The number of aromatic nitrogens is 20. The van der Waals surface area contributed by atoms with Gasteiger partial charge in [0.05, 0.1) is 130 Å². The first-order chi connectivity index (χ1) is 66.6. The number of anilines is 4. The van der Waals surface area contributed by atoms with Crippen LogP contribution in [0.4, 0.5) is 49.1 Å². The quantitative estimate of drug-likeness (QED) is 0.0188. The second-order valence-corrected chi connectivity index (χ2v) is 31.7. The van der Waals surface area contributed by atoms with E-state index in [1.54, 1.807) is 203 Å². The summed E-state index contributed by atoms with van der Waals surface area (Å²) in [7, 11) is 0. The first kappa shape index (κ1) is 95.3. The molecule has 20 rings (SSSR count). The Labute approximate surface area is 776 Å². The molecule has 0 unspecified atom stereocenters. The zero-order chi connectivity index (χ0) is 97.2. The minimum atomic E-state index is -4.24. The van der Waals surface area contributed by atoms with Crippen LogP contribution in [0.15, 0.2) is 238 Å². The molecule has 4 saturated heterocycles. The molecule has 4 aliphatic rings. The van der Waals surface area contributed by atoms with Crippen LogP contribution < -0.4 is 21.3 Å². The maximum atomic E-state index is 12.9. The van der Waals surface area contributed by atoms with Crippen LogP contribution in [0.5, 0.6) is 0 Å². The number of nitrogens with one attached hydrogen (secondary N) is 8. The SMILES string of the molecule is CC(C)C(=O)N1CC(n2cc(NC(=O)c3ccc(-c4cn[nH]c4)o3)c(-c3ccccn3)n2)C1.CCCC(=O)N1CC(n2cc(NC(=O)c3ccc(-c4cn[nH]c4)o3)c(-c3ccccn3)n2)C1.O=C(Nc1cn(C2CN(CC(F)(F)F)C2)nc1-c1ccccn1)c1ccc(-c2cn[nH]c2)o1.O=C(Nc1cn(C2CN(CC(F)(F)F)C2)nc1-c1ccccn1)c1ccc(-c2cn[nH]c2)o1.O=CO.O=CO. The number of carbonyl (C=O) groups excluding carboxylic acids is 6. The Morgan fingerprint density at radius 3 is 0.891 bits per heavy atom. The van der Waals surface area contributed by atoms with E-state index in [-0.39, 0.29) is 104 Å². The number of hydrogen-bond acceptors (Lipinski definition) is 26. The van der Waals surface area contributed by atoms with Gasteiger partial charge in [0.2, 0.25) is 11.8 Å². The number of carboxylic acid groups (broad SMARTS) is 2. The van der Waals surface area contributed by atoms with Crippen LogP contribution in [0.2, 0.25) is 0 Å². The molecule has 0 radical (unpaired) electrons. The van der Waals surface area contributed by atoms with Gasteiger partial charge in [0, 0.05) is 139 Å². The van der Waals surface area contributed by atoms with E-state index in [0.717, 1.165) is 17.5 Å². The number of amides is 6. The normalized spacial score (nSPS) is 13.9. The van der Waals surface area contributed by atoms with Crippen molar-refractivity contribution in [1.29, 1.82) is 0 Å². The fourth-order valence-corrected chi connectivity index (χ4v) is 14.7. The van der Waals surface area contributed by atoms with E-state index in [0.29, 0.717) is 135 Å². The van der Waals surface area contributed by atoms with Crippen molar-refractivity contribution < 1.29 is 92.6 Å². The van der Waals surface area contributed by atoms with E-state index in [4.69, 9.17) is 47.7 Å². The highest BCUT2D eigenvalue weighted by atomic mass is 19.4.